The van der Waals surface area contributed by atoms with Gasteiger partial charge >= 0.3 is 0 Å². The van der Waals surface area contributed by atoms with Crippen molar-refractivity contribution in [3.63, 3.8) is 0 Å². The van der Waals surface area contributed by atoms with E-state index < -0.39 is 0 Å². The molecule has 0 unspecified atom stereocenters. The lowest BCUT2D eigenvalue weighted by Gasteiger charge is -2.10. The van der Waals surface area contributed by atoms with Gasteiger partial charge in [-0.1, -0.05) is 48.5 Å². The number of nitrogens with zero attached hydrogens (tertiary/aromatic N) is 4. The summed E-state index contributed by atoms with van der Waals surface area (Å²) in [6.07, 6.45) is 7.65. The van der Waals surface area contributed by atoms with Crippen molar-refractivity contribution in [3.05, 3.63) is 103 Å². The van der Waals surface area contributed by atoms with E-state index >= 15 is 0 Å². The maximum atomic E-state index is 12.6. The second-order valence-electron chi connectivity index (χ2n) is 6.45. The van der Waals surface area contributed by atoms with Crippen LogP contribution in [-0.4, -0.2) is 31.6 Å². The van der Waals surface area contributed by atoms with Crippen LogP contribution in [0.3, 0.4) is 0 Å². The lowest BCUT2D eigenvalue weighted by molar-refractivity contribution is 0.0947. The van der Waals surface area contributed by atoms with Crippen LogP contribution in [0.15, 0.2) is 85.6 Å². The molecule has 6 nitrogen and oxygen atoms in total. The molecule has 0 spiro atoms. The van der Waals surface area contributed by atoms with E-state index in [-0.39, 0.29) is 5.91 Å². The molecule has 6 heteroatoms. The molecule has 1 amide bonds. The van der Waals surface area contributed by atoms with E-state index in [4.69, 9.17) is 0 Å². The van der Waals surface area contributed by atoms with Crippen molar-refractivity contribution in [2.24, 2.45) is 0 Å². The number of carbonyl (C=O) groups excluding carboxylic acids is 1. The van der Waals surface area contributed by atoms with Gasteiger partial charge in [-0.15, -0.1) is 0 Å². The molecular formula is C22H21N5O. The second kappa shape index (κ2) is 8.35. The molecule has 2 aromatic heterocycles. The molecule has 28 heavy (non-hydrogen) atoms. The molecule has 140 valence electrons. The van der Waals surface area contributed by atoms with E-state index in [1.807, 2.05) is 54.7 Å². The highest BCUT2D eigenvalue weighted by Crippen LogP contribution is 2.11. The van der Waals surface area contributed by atoms with Crippen LogP contribution in [0.1, 0.15) is 21.9 Å². The lowest BCUT2D eigenvalue weighted by atomic mass is 10.2. The predicted molar refractivity (Wildman–Crippen MR) is 107 cm³/mol. The van der Waals surface area contributed by atoms with Crippen LogP contribution in [0.5, 0.6) is 0 Å². The number of nitrogens with one attached hydrogen (secondary N) is 1. The molecule has 0 bridgehead atoms. The van der Waals surface area contributed by atoms with E-state index in [2.05, 4.69) is 32.0 Å². The largest absolute Gasteiger partial charge is 0.350 e. The number of amides is 1. The number of carbonyl (C=O) groups is 1. The average Bonchev–Trinajstić information content (AvgIpc) is 3.39. The highest BCUT2D eigenvalue weighted by Gasteiger charge is 2.13. The Bertz CT molecular complexity index is 1040. The van der Waals surface area contributed by atoms with Crippen LogP contribution in [0.2, 0.25) is 0 Å². The van der Waals surface area contributed by atoms with Gasteiger partial charge in [0.05, 0.1) is 12.5 Å². The Hall–Kier alpha value is -3.67. The Kier molecular flexibility index (Phi) is 5.29. The van der Waals surface area contributed by atoms with E-state index in [1.165, 1.54) is 5.56 Å². The summed E-state index contributed by atoms with van der Waals surface area (Å²) in [6.45, 7) is 1.27. The Morgan fingerprint density at radius 2 is 1.75 bits per heavy atom. The smallest absolute Gasteiger partial charge is 0.269 e. The molecule has 0 atom stereocenters. The van der Waals surface area contributed by atoms with Crippen molar-refractivity contribution in [2.75, 3.05) is 6.54 Å². The van der Waals surface area contributed by atoms with Crippen molar-refractivity contribution in [3.8, 4) is 5.69 Å². The second-order valence-corrected chi connectivity index (χ2v) is 6.45. The normalized spacial score (nSPS) is 10.7. The third-order valence-electron chi connectivity index (χ3n) is 4.54. The molecular weight excluding hydrogens is 350 g/mol. The Morgan fingerprint density at radius 3 is 2.54 bits per heavy atom. The standard InChI is InChI=1S/C22H21N5O/c28-22(20-15-23-17-27(20)19-9-5-2-6-10-19)25-12-11-21-24-13-14-26(21)16-18-7-3-1-4-8-18/h1-10,13-15,17H,11-12,16H2,(H,25,28). The Labute approximate surface area is 163 Å². The van der Waals surface area contributed by atoms with E-state index in [9.17, 15) is 4.79 Å². The molecule has 0 radical (unpaired) electrons. The van der Waals surface area contributed by atoms with Crippen LogP contribution >= 0.6 is 0 Å². The molecule has 1 N–H and O–H groups in total. The molecule has 0 aliphatic rings. The van der Waals surface area contributed by atoms with Gasteiger partial charge in [0.25, 0.3) is 5.91 Å². The van der Waals surface area contributed by atoms with Crippen LogP contribution < -0.4 is 5.32 Å². The number of aromatic nitrogens is 4. The van der Waals surface area contributed by atoms with Crippen LogP contribution in [0.25, 0.3) is 5.69 Å². The summed E-state index contributed by atoms with van der Waals surface area (Å²) in [6, 6.07) is 20.0. The first-order valence-corrected chi connectivity index (χ1v) is 9.21. The minimum Gasteiger partial charge on any atom is -0.350 e. The summed E-state index contributed by atoms with van der Waals surface area (Å²) < 4.78 is 3.89. The first kappa shape index (κ1) is 17.7. The van der Waals surface area contributed by atoms with Gasteiger partial charge in [0.1, 0.15) is 11.5 Å². The molecule has 0 saturated carbocycles. The van der Waals surface area contributed by atoms with Gasteiger partial charge in [0.2, 0.25) is 0 Å². The highest BCUT2D eigenvalue weighted by molar-refractivity contribution is 5.92. The molecule has 0 fully saturated rings. The van der Waals surface area contributed by atoms with Crippen LogP contribution in [0.4, 0.5) is 0 Å². The van der Waals surface area contributed by atoms with Crippen LogP contribution in [0, 0.1) is 0 Å². The number of para-hydroxylation sites is 1. The predicted octanol–water partition coefficient (Wildman–Crippen LogP) is 3.09. The van der Waals surface area contributed by atoms with Crippen molar-refractivity contribution < 1.29 is 4.79 Å². The molecule has 0 aliphatic heterocycles. The minimum atomic E-state index is -0.150. The summed E-state index contributed by atoms with van der Waals surface area (Å²) >= 11 is 0. The van der Waals surface area contributed by atoms with Crippen molar-refractivity contribution in [2.45, 2.75) is 13.0 Å². The quantitative estimate of drug-likeness (QED) is 0.543. The third kappa shape index (κ3) is 4.01. The van der Waals surface area contributed by atoms with Gasteiger partial charge in [0.15, 0.2) is 0 Å². The summed E-state index contributed by atoms with van der Waals surface area (Å²) in [5, 5.41) is 2.97. The van der Waals surface area contributed by atoms with E-state index in [1.54, 1.807) is 23.3 Å². The fourth-order valence-corrected chi connectivity index (χ4v) is 3.13. The van der Waals surface area contributed by atoms with Gasteiger partial charge in [0, 0.05) is 37.6 Å². The molecule has 2 heterocycles. The number of hydrogen-bond acceptors (Lipinski definition) is 3. The molecule has 4 rings (SSSR count). The fourth-order valence-electron chi connectivity index (χ4n) is 3.13. The van der Waals surface area contributed by atoms with E-state index in [0.29, 0.717) is 18.7 Å². The zero-order chi connectivity index (χ0) is 19.2. The maximum Gasteiger partial charge on any atom is 0.269 e. The third-order valence-corrected chi connectivity index (χ3v) is 4.54. The zero-order valence-electron chi connectivity index (χ0n) is 15.4. The molecule has 2 aromatic carbocycles. The van der Waals surface area contributed by atoms with Gasteiger partial charge in [-0.25, -0.2) is 9.97 Å². The minimum absolute atomic E-state index is 0.150. The first-order chi connectivity index (χ1) is 13.8. The van der Waals surface area contributed by atoms with Crippen molar-refractivity contribution >= 4 is 5.91 Å². The first-order valence-electron chi connectivity index (χ1n) is 9.21. The van der Waals surface area contributed by atoms with Crippen molar-refractivity contribution in [1.82, 2.24) is 24.4 Å². The monoisotopic (exact) mass is 371 g/mol. The molecule has 0 aliphatic carbocycles. The molecule has 4 aromatic rings. The van der Waals surface area contributed by atoms with Gasteiger partial charge in [-0.3, -0.25) is 9.36 Å². The number of rotatable bonds is 7. The average molecular weight is 371 g/mol. The van der Waals surface area contributed by atoms with E-state index in [0.717, 1.165) is 18.1 Å². The SMILES string of the molecule is O=C(NCCc1nccn1Cc1ccccc1)c1cncn1-c1ccccc1. The fraction of sp³-hybridized carbons (Fsp3) is 0.136. The van der Waals surface area contributed by atoms with Gasteiger partial charge in [-0.2, -0.15) is 0 Å². The topological polar surface area (TPSA) is 64.7 Å². The summed E-state index contributed by atoms with van der Waals surface area (Å²) in [7, 11) is 0. The van der Waals surface area contributed by atoms with Gasteiger partial charge < -0.3 is 9.88 Å². The Balaban J connectivity index is 1.37. The number of hydrogen-bond donors (Lipinski definition) is 1. The lowest BCUT2D eigenvalue weighted by Crippen LogP contribution is -2.28. The zero-order valence-corrected chi connectivity index (χ0v) is 15.4. The van der Waals surface area contributed by atoms with Gasteiger partial charge in [-0.05, 0) is 17.7 Å². The summed E-state index contributed by atoms with van der Waals surface area (Å²) in [5.41, 5.74) is 2.64. The van der Waals surface area contributed by atoms with Crippen molar-refractivity contribution in [1.29, 1.82) is 0 Å². The summed E-state index contributed by atoms with van der Waals surface area (Å²) in [4.78, 5) is 21.2. The highest BCUT2D eigenvalue weighted by atomic mass is 16.1. The van der Waals surface area contributed by atoms with Crippen LogP contribution in [-0.2, 0) is 13.0 Å². The maximum absolute atomic E-state index is 12.6. The molecule has 0 saturated heterocycles. The summed E-state index contributed by atoms with van der Waals surface area (Å²) in [5.74, 6) is 0.795. The number of benzene rings is 2. The Morgan fingerprint density at radius 1 is 1.00 bits per heavy atom. The number of imidazole rings is 2.